The zero-order valence-corrected chi connectivity index (χ0v) is 11.3. The average molecular weight is 291 g/mol. The van der Waals surface area contributed by atoms with Gasteiger partial charge in [0.15, 0.2) is 0 Å². The molecule has 6 heteroatoms. The maximum Gasteiger partial charge on any atom is 0.227 e. The average Bonchev–Trinajstić information content (AvgIpc) is 2.27. The van der Waals surface area contributed by atoms with Crippen molar-refractivity contribution in [2.75, 3.05) is 13.1 Å². The van der Waals surface area contributed by atoms with Gasteiger partial charge < -0.3 is 10.6 Å². The molecule has 0 radical (unpaired) electrons. The number of halogens is 3. The Morgan fingerprint density at radius 3 is 2.53 bits per heavy atom. The van der Waals surface area contributed by atoms with Crippen LogP contribution in [0.15, 0.2) is 18.2 Å². The molecule has 1 aromatic carbocycles. The zero-order chi connectivity index (χ0) is 13.1. The van der Waals surface area contributed by atoms with Crippen molar-refractivity contribution in [1.82, 2.24) is 4.90 Å². The third kappa shape index (κ3) is 4.44. The van der Waals surface area contributed by atoms with Gasteiger partial charge in [-0.25, -0.2) is 8.78 Å². The molecule has 0 saturated carbocycles. The first-order valence-electron chi connectivity index (χ1n) is 6.03. The minimum Gasteiger partial charge on any atom is -0.341 e. The van der Waals surface area contributed by atoms with Crippen LogP contribution in [0.5, 0.6) is 0 Å². The summed E-state index contributed by atoms with van der Waals surface area (Å²) in [5.41, 5.74) is 6.15. The standard InChI is InChI=1S/C13H16F2N2O.ClH/c14-10-4-9(5-11(15)7-10)6-13(18)17-3-1-2-12(16)8-17;/h4-5,7,12H,1-3,6,8,16H2;1H/t12-;/m0./s1. The summed E-state index contributed by atoms with van der Waals surface area (Å²) in [6.07, 6.45) is 1.81. The number of carbonyl (C=O) groups excluding carboxylic acids is 1. The molecule has 2 rings (SSSR count). The molecule has 1 aromatic rings. The highest BCUT2D eigenvalue weighted by molar-refractivity contribution is 5.85. The number of amides is 1. The van der Waals surface area contributed by atoms with E-state index in [2.05, 4.69) is 0 Å². The van der Waals surface area contributed by atoms with Crippen molar-refractivity contribution in [3.63, 3.8) is 0 Å². The van der Waals surface area contributed by atoms with Crippen LogP contribution in [0.3, 0.4) is 0 Å². The number of nitrogens with two attached hydrogens (primary N) is 1. The molecule has 0 spiro atoms. The molecular formula is C13H17ClF2N2O. The number of nitrogens with zero attached hydrogens (tertiary/aromatic N) is 1. The van der Waals surface area contributed by atoms with Gasteiger partial charge in [-0.2, -0.15) is 0 Å². The van der Waals surface area contributed by atoms with Gasteiger partial charge in [-0.3, -0.25) is 4.79 Å². The minimum atomic E-state index is -0.659. The predicted molar refractivity (Wildman–Crippen MR) is 71.1 cm³/mol. The lowest BCUT2D eigenvalue weighted by Crippen LogP contribution is -2.46. The van der Waals surface area contributed by atoms with Crippen LogP contribution >= 0.6 is 12.4 Å². The Balaban J connectivity index is 0.00000180. The molecule has 3 nitrogen and oxygen atoms in total. The fourth-order valence-electron chi connectivity index (χ4n) is 2.24. The molecular weight excluding hydrogens is 274 g/mol. The molecule has 0 bridgehead atoms. The minimum absolute atomic E-state index is 0. The van der Waals surface area contributed by atoms with Crippen LogP contribution < -0.4 is 5.73 Å². The second-order valence-corrected chi connectivity index (χ2v) is 4.70. The first-order valence-corrected chi connectivity index (χ1v) is 6.03. The topological polar surface area (TPSA) is 46.3 Å². The van der Waals surface area contributed by atoms with E-state index in [0.29, 0.717) is 18.7 Å². The van der Waals surface area contributed by atoms with Crippen molar-refractivity contribution in [2.45, 2.75) is 25.3 Å². The van der Waals surface area contributed by atoms with Crippen molar-refractivity contribution in [3.05, 3.63) is 35.4 Å². The second kappa shape index (κ2) is 6.82. The van der Waals surface area contributed by atoms with Crippen LogP contribution in [0.2, 0.25) is 0 Å². The van der Waals surface area contributed by atoms with Crippen molar-refractivity contribution in [1.29, 1.82) is 0 Å². The maximum atomic E-state index is 13.0. The Hall–Kier alpha value is -1.20. The molecule has 1 aliphatic heterocycles. The number of piperidine rings is 1. The Bertz CT molecular complexity index is 436. The molecule has 2 N–H and O–H groups in total. The monoisotopic (exact) mass is 290 g/mol. The quantitative estimate of drug-likeness (QED) is 0.904. The van der Waals surface area contributed by atoms with Gasteiger partial charge in [0.25, 0.3) is 0 Å². The SMILES string of the molecule is Cl.N[C@H]1CCCN(C(=O)Cc2cc(F)cc(F)c2)C1. The largest absolute Gasteiger partial charge is 0.341 e. The van der Waals surface area contributed by atoms with Crippen molar-refractivity contribution < 1.29 is 13.6 Å². The molecule has 1 saturated heterocycles. The van der Waals surface area contributed by atoms with Gasteiger partial charge >= 0.3 is 0 Å². The zero-order valence-electron chi connectivity index (χ0n) is 10.4. The summed E-state index contributed by atoms with van der Waals surface area (Å²) in [7, 11) is 0. The van der Waals surface area contributed by atoms with E-state index in [4.69, 9.17) is 5.73 Å². The van der Waals surface area contributed by atoms with Gasteiger partial charge in [0.1, 0.15) is 11.6 Å². The van der Waals surface area contributed by atoms with E-state index in [1.807, 2.05) is 0 Å². The molecule has 1 aliphatic rings. The highest BCUT2D eigenvalue weighted by atomic mass is 35.5. The van der Waals surface area contributed by atoms with E-state index < -0.39 is 11.6 Å². The van der Waals surface area contributed by atoms with Crippen LogP contribution in [0, 0.1) is 11.6 Å². The van der Waals surface area contributed by atoms with E-state index in [1.165, 1.54) is 12.1 Å². The molecule has 0 aromatic heterocycles. The molecule has 1 fully saturated rings. The summed E-state index contributed by atoms with van der Waals surface area (Å²) in [6.45, 7) is 1.20. The lowest BCUT2D eigenvalue weighted by Gasteiger charge is -2.30. The number of benzene rings is 1. The van der Waals surface area contributed by atoms with E-state index >= 15 is 0 Å². The highest BCUT2D eigenvalue weighted by Crippen LogP contribution is 2.13. The fraction of sp³-hybridized carbons (Fsp3) is 0.462. The summed E-state index contributed by atoms with van der Waals surface area (Å²) >= 11 is 0. The number of hydrogen-bond acceptors (Lipinski definition) is 2. The molecule has 19 heavy (non-hydrogen) atoms. The van der Waals surface area contributed by atoms with Gasteiger partial charge in [0, 0.05) is 25.2 Å². The van der Waals surface area contributed by atoms with Crippen LogP contribution in [-0.2, 0) is 11.2 Å². The summed E-state index contributed by atoms with van der Waals surface area (Å²) in [5.74, 6) is -1.45. The lowest BCUT2D eigenvalue weighted by atomic mass is 10.0. The second-order valence-electron chi connectivity index (χ2n) is 4.70. The van der Waals surface area contributed by atoms with Crippen LogP contribution in [0.1, 0.15) is 18.4 Å². The third-order valence-corrected chi connectivity index (χ3v) is 3.09. The Labute approximate surface area is 117 Å². The van der Waals surface area contributed by atoms with E-state index in [1.54, 1.807) is 4.90 Å². The first kappa shape index (κ1) is 15.9. The van der Waals surface area contributed by atoms with E-state index in [-0.39, 0.29) is 30.8 Å². The first-order chi connectivity index (χ1) is 8.54. The smallest absolute Gasteiger partial charge is 0.227 e. The van der Waals surface area contributed by atoms with Crippen LogP contribution in [0.25, 0.3) is 0 Å². The number of carbonyl (C=O) groups is 1. The van der Waals surface area contributed by atoms with Crippen molar-refractivity contribution in [2.24, 2.45) is 5.73 Å². The summed E-state index contributed by atoms with van der Waals surface area (Å²) < 4.78 is 26.0. The molecule has 106 valence electrons. The van der Waals surface area contributed by atoms with Gasteiger partial charge in [0.2, 0.25) is 5.91 Å². The molecule has 0 unspecified atom stereocenters. The number of likely N-dealkylation sites (tertiary alicyclic amines) is 1. The number of hydrogen-bond donors (Lipinski definition) is 1. The number of rotatable bonds is 2. The van der Waals surface area contributed by atoms with Gasteiger partial charge in [0.05, 0.1) is 6.42 Å². The summed E-state index contributed by atoms with van der Waals surface area (Å²) in [4.78, 5) is 13.6. The third-order valence-electron chi connectivity index (χ3n) is 3.09. The van der Waals surface area contributed by atoms with Gasteiger partial charge in [-0.05, 0) is 30.5 Å². The van der Waals surface area contributed by atoms with E-state index in [0.717, 1.165) is 18.9 Å². The summed E-state index contributed by atoms with van der Waals surface area (Å²) in [6, 6.07) is 3.17. The lowest BCUT2D eigenvalue weighted by molar-refractivity contribution is -0.131. The van der Waals surface area contributed by atoms with Gasteiger partial charge in [-0.1, -0.05) is 0 Å². The Morgan fingerprint density at radius 2 is 1.95 bits per heavy atom. The van der Waals surface area contributed by atoms with Crippen molar-refractivity contribution in [3.8, 4) is 0 Å². The van der Waals surface area contributed by atoms with Gasteiger partial charge in [-0.15, -0.1) is 12.4 Å². The predicted octanol–water partition coefficient (Wildman–Crippen LogP) is 1.88. The molecule has 0 aliphatic carbocycles. The maximum absolute atomic E-state index is 13.0. The highest BCUT2D eigenvalue weighted by Gasteiger charge is 2.21. The molecule has 1 amide bonds. The molecule has 1 heterocycles. The van der Waals surface area contributed by atoms with Crippen LogP contribution in [0.4, 0.5) is 8.78 Å². The van der Waals surface area contributed by atoms with Crippen LogP contribution in [-0.4, -0.2) is 29.9 Å². The normalized spacial score (nSPS) is 18.9. The molecule has 1 atom stereocenters. The Kier molecular flexibility index (Phi) is 5.69. The fourth-order valence-corrected chi connectivity index (χ4v) is 2.24. The van der Waals surface area contributed by atoms with Crippen molar-refractivity contribution >= 4 is 18.3 Å². The Morgan fingerprint density at radius 1 is 1.32 bits per heavy atom. The van der Waals surface area contributed by atoms with E-state index in [9.17, 15) is 13.6 Å². The summed E-state index contributed by atoms with van der Waals surface area (Å²) in [5, 5.41) is 0.